The van der Waals surface area contributed by atoms with E-state index in [0.29, 0.717) is 0 Å². The Morgan fingerprint density at radius 3 is 1.89 bits per heavy atom. The monoisotopic (exact) mass is 504 g/mol. The normalized spacial score (nSPS) is 14.6. The molecule has 0 saturated carbocycles. The molecule has 4 aromatic carbocycles. The van der Waals surface area contributed by atoms with Gasteiger partial charge in [-0.1, -0.05) is 130 Å². The molecule has 5 rings (SSSR count). The van der Waals surface area contributed by atoms with E-state index in [1.54, 1.807) is 0 Å². The summed E-state index contributed by atoms with van der Waals surface area (Å²) in [5.41, 5.74) is 5.63. The molecule has 3 heteroatoms. The van der Waals surface area contributed by atoms with Gasteiger partial charge in [-0.3, -0.25) is 4.90 Å². The quantitative estimate of drug-likeness (QED) is 0.240. The molecule has 1 unspecified atom stereocenters. The van der Waals surface area contributed by atoms with Gasteiger partial charge < -0.3 is 4.43 Å². The van der Waals surface area contributed by atoms with Crippen LogP contribution in [0.2, 0.25) is 0 Å². The minimum Gasteiger partial charge on any atom is -0.400 e. The van der Waals surface area contributed by atoms with E-state index in [9.17, 15) is 0 Å². The summed E-state index contributed by atoms with van der Waals surface area (Å²) in [5.74, 6) is 0. The van der Waals surface area contributed by atoms with Gasteiger partial charge in [-0.15, -0.1) is 0 Å². The Hall–Kier alpha value is -2.98. The summed E-state index contributed by atoms with van der Waals surface area (Å²) >= 11 is 0. The largest absolute Gasteiger partial charge is 0.400 e. The van der Waals surface area contributed by atoms with Crippen molar-refractivity contribution in [3.63, 3.8) is 0 Å². The fraction of sp³-hybridized carbons (Fsp3) is 0.294. The van der Waals surface area contributed by atoms with Crippen LogP contribution in [0.15, 0.2) is 109 Å². The van der Waals surface area contributed by atoms with Crippen molar-refractivity contribution >= 4 is 19.4 Å². The summed E-state index contributed by atoms with van der Waals surface area (Å²) in [7, 11) is -1.40. The standard InChI is InChI=1S/C34H38NOSi/c1-34(2,3)33(36-37(31-17-9-5-10-18-31)32-19-11-6-12-20-32)28-21-22-29-25-35(26-30(29)24-28)23-13-16-27-14-7-4-8-15-27/h4-12,14-15,17-22,24,33H,13,16,23,25-26H2,1-3H3. The van der Waals surface area contributed by atoms with E-state index in [-0.39, 0.29) is 11.5 Å². The van der Waals surface area contributed by atoms with E-state index in [4.69, 9.17) is 4.43 Å². The first-order chi connectivity index (χ1) is 18.0. The van der Waals surface area contributed by atoms with Gasteiger partial charge in [0.25, 0.3) is 9.04 Å². The van der Waals surface area contributed by atoms with Gasteiger partial charge in [-0.25, -0.2) is 0 Å². The maximum absolute atomic E-state index is 7.16. The van der Waals surface area contributed by atoms with E-state index in [0.717, 1.165) is 26.1 Å². The van der Waals surface area contributed by atoms with E-state index in [2.05, 4.69) is 135 Å². The Morgan fingerprint density at radius 2 is 1.30 bits per heavy atom. The second kappa shape index (κ2) is 11.6. The lowest BCUT2D eigenvalue weighted by atomic mass is 9.84. The summed E-state index contributed by atoms with van der Waals surface area (Å²) in [6, 6.07) is 39.5. The minimum atomic E-state index is -1.40. The maximum atomic E-state index is 7.16. The molecule has 0 saturated heterocycles. The van der Waals surface area contributed by atoms with E-state index < -0.39 is 9.04 Å². The van der Waals surface area contributed by atoms with Gasteiger partial charge in [0, 0.05) is 13.1 Å². The van der Waals surface area contributed by atoms with Crippen molar-refractivity contribution in [1.82, 2.24) is 4.90 Å². The molecular formula is C34H38NOSi. The molecule has 0 aliphatic carbocycles. The lowest BCUT2D eigenvalue weighted by Gasteiger charge is -2.34. The van der Waals surface area contributed by atoms with Gasteiger partial charge in [0.05, 0.1) is 6.10 Å². The Balaban J connectivity index is 1.33. The summed E-state index contributed by atoms with van der Waals surface area (Å²) in [5, 5.41) is 2.58. The van der Waals surface area contributed by atoms with Crippen LogP contribution in [0.4, 0.5) is 0 Å². The zero-order valence-electron chi connectivity index (χ0n) is 22.4. The number of fused-ring (bicyclic) bond motifs is 1. The summed E-state index contributed by atoms with van der Waals surface area (Å²) in [6.45, 7) is 10.1. The van der Waals surface area contributed by atoms with Crippen LogP contribution in [0, 0.1) is 5.41 Å². The van der Waals surface area contributed by atoms with Gasteiger partial charge in [-0.2, -0.15) is 0 Å². The highest BCUT2D eigenvalue weighted by atomic mass is 28.3. The molecule has 1 aliphatic heterocycles. The molecule has 0 N–H and O–H groups in total. The van der Waals surface area contributed by atoms with Crippen molar-refractivity contribution in [2.24, 2.45) is 5.41 Å². The zero-order valence-corrected chi connectivity index (χ0v) is 23.4. The van der Waals surface area contributed by atoms with Crippen molar-refractivity contribution < 1.29 is 4.43 Å². The predicted octanol–water partition coefficient (Wildman–Crippen LogP) is 6.54. The predicted molar refractivity (Wildman–Crippen MR) is 157 cm³/mol. The highest BCUT2D eigenvalue weighted by Gasteiger charge is 2.33. The molecule has 0 amide bonds. The minimum absolute atomic E-state index is 0.0132. The van der Waals surface area contributed by atoms with Crippen molar-refractivity contribution in [3.05, 3.63) is 131 Å². The van der Waals surface area contributed by atoms with Gasteiger partial charge in [0.2, 0.25) is 0 Å². The van der Waals surface area contributed by atoms with Crippen LogP contribution >= 0.6 is 0 Å². The van der Waals surface area contributed by atoms with Gasteiger partial charge in [0.1, 0.15) is 0 Å². The maximum Gasteiger partial charge on any atom is 0.283 e. The summed E-state index contributed by atoms with van der Waals surface area (Å²) in [4.78, 5) is 2.59. The Morgan fingerprint density at radius 1 is 0.730 bits per heavy atom. The molecule has 1 heterocycles. The van der Waals surface area contributed by atoms with E-state index in [1.165, 1.54) is 39.0 Å². The van der Waals surface area contributed by atoms with Gasteiger partial charge in [0.15, 0.2) is 0 Å². The lowest BCUT2D eigenvalue weighted by Crippen LogP contribution is -2.47. The molecule has 1 atom stereocenters. The highest BCUT2D eigenvalue weighted by Crippen LogP contribution is 2.38. The smallest absolute Gasteiger partial charge is 0.283 e. The molecular weight excluding hydrogens is 466 g/mol. The van der Waals surface area contributed by atoms with Gasteiger partial charge in [-0.05, 0) is 57.4 Å². The molecule has 4 aromatic rings. The van der Waals surface area contributed by atoms with Crippen molar-refractivity contribution in [1.29, 1.82) is 0 Å². The Kier molecular flexibility index (Phi) is 8.04. The first-order valence-electron chi connectivity index (χ1n) is 13.5. The molecule has 2 nitrogen and oxygen atoms in total. The second-order valence-electron chi connectivity index (χ2n) is 11.3. The molecule has 0 spiro atoms. The zero-order chi connectivity index (χ0) is 25.7. The topological polar surface area (TPSA) is 12.5 Å². The molecule has 0 aromatic heterocycles. The third-order valence-corrected chi connectivity index (χ3v) is 9.38. The third kappa shape index (κ3) is 6.48. The number of hydrogen-bond donors (Lipinski definition) is 0. The van der Waals surface area contributed by atoms with Crippen LogP contribution in [-0.2, 0) is 23.9 Å². The average molecular weight is 505 g/mol. The fourth-order valence-corrected chi connectivity index (χ4v) is 7.62. The van der Waals surface area contributed by atoms with E-state index >= 15 is 0 Å². The molecule has 189 valence electrons. The van der Waals surface area contributed by atoms with Crippen molar-refractivity contribution in [3.8, 4) is 0 Å². The number of aryl methyl sites for hydroxylation is 1. The molecule has 0 bridgehead atoms. The second-order valence-corrected chi connectivity index (χ2v) is 13.3. The fourth-order valence-electron chi connectivity index (χ4n) is 5.30. The molecule has 1 aliphatic rings. The highest BCUT2D eigenvalue weighted by molar-refractivity contribution is 6.80. The lowest BCUT2D eigenvalue weighted by molar-refractivity contribution is 0.0896. The Bertz CT molecular complexity index is 1230. The molecule has 1 radical (unpaired) electrons. The van der Waals surface area contributed by atoms with Crippen LogP contribution in [0.25, 0.3) is 0 Å². The first kappa shape index (κ1) is 25.7. The van der Waals surface area contributed by atoms with Crippen molar-refractivity contribution in [2.45, 2.75) is 52.8 Å². The summed E-state index contributed by atoms with van der Waals surface area (Å²) in [6.07, 6.45) is 2.35. The van der Waals surface area contributed by atoms with E-state index in [1.807, 2.05) is 0 Å². The van der Waals surface area contributed by atoms with Crippen LogP contribution < -0.4 is 10.4 Å². The van der Waals surface area contributed by atoms with Crippen LogP contribution in [0.1, 0.15) is 55.5 Å². The van der Waals surface area contributed by atoms with Crippen LogP contribution in [-0.4, -0.2) is 20.5 Å². The summed E-state index contributed by atoms with van der Waals surface area (Å²) < 4.78 is 7.16. The van der Waals surface area contributed by atoms with Gasteiger partial charge >= 0.3 is 0 Å². The number of benzene rings is 4. The van der Waals surface area contributed by atoms with Crippen LogP contribution in [0.3, 0.4) is 0 Å². The number of hydrogen-bond acceptors (Lipinski definition) is 2. The molecule has 37 heavy (non-hydrogen) atoms. The average Bonchev–Trinajstić information content (AvgIpc) is 3.32. The SMILES string of the molecule is CC(C)(C)C(O[Si](c1ccccc1)c1ccccc1)c1ccc2c(c1)CN(CCCc1ccccc1)C2. The molecule has 0 fully saturated rings. The van der Waals surface area contributed by atoms with Crippen LogP contribution in [0.5, 0.6) is 0 Å². The number of nitrogens with zero attached hydrogens (tertiary/aromatic N) is 1. The third-order valence-electron chi connectivity index (χ3n) is 7.20. The Labute approximate surface area is 224 Å². The van der Waals surface area contributed by atoms with Crippen molar-refractivity contribution in [2.75, 3.05) is 6.54 Å². The number of rotatable bonds is 9. The first-order valence-corrected chi connectivity index (χ1v) is 14.9.